The van der Waals surface area contributed by atoms with Crippen molar-refractivity contribution in [3.8, 4) is 0 Å². The zero-order chi connectivity index (χ0) is 13.9. The van der Waals surface area contributed by atoms with Crippen molar-refractivity contribution in [1.82, 2.24) is 4.90 Å². The molecule has 0 saturated heterocycles. The molecule has 2 heteroatoms. The van der Waals surface area contributed by atoms with Crippen LogP contribution in [0.25, 0.3) is 0 Å². The van der Waals surface area contributed by atoms with Gasteiger partial charge in [-0.05, 0) is 39.8 Å². The Hall–Kier alpha value is -0.0800. The summed E-state index contributed by atoms with van der Waals surface area (Å²) >= 11 is 0. The molecule has 110 valence electrons. The van der Waals surface area contributed by atoms with Gasteiger partial charge < -0.3 is 10.6 Å². The Bertz CT molecular complexity index is 160. The van der Waals surface area contributed by atoms with Crippen LogP contribution in [0.4, 0.5) is 0 Å². The van der Waals surface area contributed by atoms with Crippen LogP contribution in [0.15, 0.2) is 0 Å². The first kappa shape index (κ1) is 17.9. The fraction of sp³-hybridized carbons (Fsp3) is 1.00. The third-order valence-electron chi connectivity index (χ3n) is 3.29. The van der Waals surface area contributed by atoms with Crippen LogP contribution in [0.5, 0.6) is 0 Å². The van der Waals surface area contributed by atoms with Crippen molar-refractivity contribution in [3.63, 3.8) is 0 Å². The molecule has 0 aromatic heterocycles. The van der Waals surface area contributed by atoms with E-state index in [1.165, 1.54) is 64.5 Å². The number of nitrogens with zero attached hydrogens (tertiary/aromatic N) is 1. The van der Waals surface area contributed by atoms with E-state index in [1.807, 2.05) is 0 Å². The van der Waals surface area contributed by atoms with Gasteiger partial charge in [0.05, 0.1) is 0 Å². The lowest BCUT2D eigenvalue weighted by molar-refractivity contribution is 0.216. The maximum atomic E-state index is 6.16. The summed E-state index contributed by atoms with van der Waals surface area (Å²) in [4.78, 5) is 2.57. The molecular formula is C16H36N2. The van der Waals surface area contributed by atoms with E-state index < -0.39 is 0 Å². The van der Waals surface area contributed by atoms with E-state index in [0.717, 1.165) is 6.54 Å². The highest BCUT2D eigenvalue weighted by Gasteiger charge is 2.15. The van der Waals surface area contributed by atoms with Crippen molar-refractivity contribution in [2.75, 3.05) is 19.6 Å². The summed E-state index contributed by atoms with van der Waals surface area (Å²) < 4.78 is 0. The van der Waals surface area contributed by atoms with Gasteiger partial charge in [0.15, 0.2) is 0 Å². The van der Waals surface area contributed by atoms with Crippen molar-refractivity contribution in [1.29, 1.82) is 0 Å². The number of hydrogen-bond donors (Lipinski definition) is 1. The highest BCUT2D eigenvalue weighted by molar-refractivity contribution is 4.77. The lowest BCUT2D eigenvalue weighted by atomic mass is 10.1. The average Bonchev–Trinajstić information content (AvgIpc) is 2.28. The SMILES string of the molecule is CCCCCCN(CCCCCC)CC(C)(C)N. The maximum Gasteiger partial charge on any atom is 0.0226 e. The molecule has 0 bridgehead atoms. The smallest absolute Gasteiger partial charge is 0.0226 e. The Morgan fingerprint density at radius 3 is 1.56 bits per heavy atom. The molecule has 2 N–H and O–H groups in total. The normalized spacial score (nSPS) is 12.3. The van der Waals surface area contributed by atoms with Gasteiger partial charge in [-0.25, -0.2) is 0 Å². The molecular weight excluding hydrogens is 220 g/mol. The lowest BCUT2D eigenvalue weighted by Gasteiger charge is -2.30. The molecule has 0 unspecified atom stereocenters. The first-order valence-corrected chi connectivity index (χ1v) is 8.01. The van der Waals surface area contributed by atoms with Crippen LogP contribution in [0.1, 0.15) is 79.1 Å². The van der Waals surface area contributed by atoms with Crippen LogP contribution >= 0.6 is 0 Å². The van der Waals surface area contributed by atoms with Gasteiger partial charge in [0.2, 0.25) is 0 Å². The number of nitrogens with two attached hydrogens (primary N) is 1. The first-order chi connectivity index (χ1) is 8.49. The minimum atomic E-state index is -0.0600. The monoisotopic (exact) mass is 256 g/mol. The summed E-state index contributed by atoms with van der Waals surface area (Å²) in [6.07, 6.45) is 10.8. The van der Waals surface area contributed by atoms with Crippen molar-refractivity contribution in [2.24, 2.45) is 5.73 Å². The summed E-state index contributed by atoms with van der Waals surface area (Å²) in [6, 6.07) is 0. The lowest BCUT2D eigenvalue weighted by Crippen LogP contribution is -2.46. The molecule has 18 heavy (non-hydrogen) atoms. The standard InChI is InChI=1S/C16H36N2/c1-5-7-9-11-13-18(15-16(3,4)17)14-12-10-8-6-2/h5-15,17H2,1-4H3. The predicted octanol–water partition coefficient (Wildman–Crippen LogP) is 4.19. The summed E-state index contributed by atoms with van der Waals surface area (Å²) in [5.74, 6) is 0. The second-order valence-electron chi connectivity index (χ2n) is 6.39. The molecule has 2 nitrogen and oxygen atoms in total. The molecule has 0 aliphatic rings. The molecule has 0 radical (unpaired) electrons. The van der Waals surface area contributed by atoms with E-state index in [9.17, 15) is 0 Å². The van der Waals surface area contributed by atoms with Gasteiger partial charge in [0.25, 0.3) is 0 Å². The Balaban J connectivity index is 3.85. The van der Waals surface area contributed by atoms with Crippen LogP contribution in [-0.2, 0) is 0 Å². The summed E-state index contributed by atoms with van der Waals surface area (Å²) in [5.41, 5.74) is 6.10. The van der Waals surface area contributed by atoms with Gasteiger partial charge in [-0.2, -0.15) is 0 Å². The third-order valence-corrected chi connectivity index (χ3v) is 3.29. The molecule has 0 aliphatic carbocycles. The van der Waals surface area contributed by atoms with Crippen molar-refractivity contribution >= 4 is 0 Å². The van der Waals surface area contributed by atoms with Crippen LogP contribution in [0.2, 0.25) is 0 Å². The fourth-order valence-corrected chi connectivity index (χ4v) is 2.37. The minimum absolute atomic E-state index is 0.0600. The molecule has 0 spiro atoms. The second kappa shape index (κ2) is 10.8. The van der Waals surface area contributed by atoms with Gasteiger partial charge in [-0.15, -0.1) is 0 Å². The molecule has 0 amide bonds. The third kappa shape index (κ3) is 12.4. The van der Waals surface area contributed by atoms with Crippen molar-refractivity contribution in [2.45, 2.75) is 84.6 Å². The Labute approximate surface area is 115 Å². The topological polar surface area (TPSA) is 29.3 Å². The Morgan fingerprint density at radius 2 is 1.22 bits per heavy atom. The van der Waals surface area contributed by atoms with E-state index in [2.05, 4.69) is 32.6 Å². The zero-order valence-corrected chi connectivity index (χ0v) is 13.3. The highest BCUT2D eigenvalue weighted by atomic mass is 15.1. The fourth-order valence-electron chi connectivity index (χ4n) is 2.37. The predicted molar refractivity (Wildman–Crippen MR) is 83.0 cm³/mol. The van der Waals surface area contributed by atoms with Crippen LogP contribution < -0.4 is 5.73 Å². The number of hydrogen-bond acceptors (Lipinski definition) is 2. The van der Waals surface area contributed by atoms with Crippen molar-refractivity contribution in [3.05, 3.63) is 0 Å². The van der Waals surface area contributed by atoms with E-state index >= 15 is 0 Å². The van der Waals surface area contributed by atoms with E-state index in [-0.39, 0.29) is 5.54 Å². The van der Waals surface area contributed by atoms with Gasteiger partial charge in [-0.3, -0.25) is 0 Å². The highest BCUT2D eigenvalue weighted by Crippen LogP contribution is 2.08. The minimum Gasteiger partial charge on any atom is -0.324 e. The maximum absolute atomic E-state index is 6.16. The van der Waals surface area contributed by atoms with E-state index in [0.29, 0.717) is 0 Å². The van der Waals surface area contributed by atoms with Gasteiger partial charge in [0, 0.05) is 12.1 Å². The van der Waals surface area contributed by atoms with Crippen molar-refractivity contribution < 1.29 is 0 Å². The zero-order valence-electron chi connectivity index (χ0n) is 13.3. The van der Waals surface area contributed by atoms with Gasteiger partial charge in [0.1, 0.15) is 0 Å². The molecule has 0 aromatic carbocycles. The summed E-state index contributed by atoms with van der Waals surface area (Å²) in [6.45, 7) is 12.3. The quantitative estimate of drug-likeness (QED) is 0.531. The number of rotatable bonds is 12. The molecule has 0 aromatic rings. The van der Waals surface area contributed by atoms with Crippen LogP contribution in [0, 0.1) is 0 Å². The molecule has 0 heterocycles. The van der Waals surface area contributed by atoms with Gasteiger partial charge in [-0.1, -0.05) is 52.4 Å². The average molecular weight is 256 g/mol. The van der Waals surface area contributed by atoms with E-state index in [1.54, 1.807) is 0 Å². The first-order valence-electron chi connectivity index (χ1n) is 8.01. The molecule has 0 saturated carbocycles. The summed E-state index contributed by atoms with van der Waals surface area (Å²) in [5, 5.41) is 0. The largest absolute Gasteiger partial charge is 0.324 e. The molecule has 0 aliphatic heterocycles. The van der Waals surface area contributed by atoms with E-state index in [4.69, 9.17) is 5.73 Å². The molecule has 0 rings (SSSR count). The van der Waals surface area contributed by atoms with Crippen LogP contribution in [0.3, 0.4) is 0 Å². The van der Waals surface area contributed by atoms with Gasteiger partial charge >= 0.3 is 0 Å². The summed E-state index contributed by atoms with van der Waals surface area (Å²) in [7, 11) is 0. The Morgan fingerprint density at radius 1 is 0.778 bits per heavy atom. The molecule has 0 fully saturated rings. The number of unbranched alkanes of at least 4 members (excludes halogenated alkanes) is 6. The second-order valence-corrected chi connectivity index (χ2v) is 6.39. The Kier molecular flexibility index (Phi) is 10.8. The van der Waals surface area contributed by atoms with Crippen LogP contribution in [-0.4, -0.2) is 30.1 Å². The molecule has 0 atom stereocenters.